The predicted molar refractivity (Wildman–Crippen MR) is 150 cm³/mol. The van der Waals surface area contributed by atoms with Gasteiger partial charge >= 0.3 is 0 Å². The van der Waals surface area contributed by atoms with E-state index in [2.05, 4.69) is 20.5 Å². The number of methoxy groups -OCH3 is 1. The number of thiophene rings is 1. The lowest BCUT2D eigenvalue weighted by molar-refractivity contribution is -0.127. The van der Waals surface area contributed by atoms with E-state index in [-0.39, 0.29) is 28.9 Å². The van der Waals surface area contributed by atoms with Gasteiger partial charge in [-0.15, -0.1) is 11.3 Å². The first-order chi connectivity index (χ1) is 18.6. The molecular formula is C25H27ClN6O5S2. The van der Waals surface area contributed by atoms with Crippen LogP contribution in [0.1, 0.15) is 17.5 Å². The van der Waals surface area contributed by atoms with Crippen LogP contribution in [0, 0.1) is 0 Å². The first kappa shape index (κ1) is 28.4. The molecule has 0 radical (unpaired) electrons. The third kappa shape index (κ3) is 6.68. The zero-order chi connectivity index (χ0) is 28.2. The summed E-state index contributed by atoms with van der Waals surface area (Å²) in [5.74, 6) is -0.156. The van der Waals surface area contributed by atoms with E-state index in [0.717, 1.165) is 22.5 Å². The molecule has 0 aliphatic heterocycles. The molecule has 14 heteroatoms. The number of carbonyl (C=O) groups is 2. The Morgan fingerprint density at radius 2 is 1.90 bits per heavy atom. The zero-order valence-corrected chi connectivity index (χ0v) is 23.5. The fraction of sp³-hybridized carbons (Fsp3) is 0.240. The molecule has 2 aromatic heterocycles. The van der Waals surface area contributed by atoms with Crippen molar-refractivity contribution in [1.82, 2.24) is 20.4 Å². The molecule has 5 N–H and O–H groups in total. The number of benzene rings is 2. The number of sulfonamides is 1. The molecule has 4 rings (SSSR count). The Balaban J connectivity index is 1.56. The maximum atomic E-state index is 13.0. The first-order valence-electron chi connectivity index (χ1n) is 11.7. The average molecular weight is 591 g/mol. The van der Waals surface area contributed by atoms with Crippen molar-refractivity contribution in [3.05, 3.63) is 70.1 Å². The van der Waals surface area contributed by atoms with Crippen molar-refractivity contribution in [2.45, 2.75) is 29.8 Å². The average Bonchev–Trinajstić information content (AvgIpc) is 3.51. The molecule has 11 nitrogen and oxygen atoms in total. The maximum Gasteiger partial charge on any atom is 0.272 e. The van der Waals surface area contributed by atoms with E-state index < -0.39 is 22.0 Å². The molecule has 206 valence electrons. The van der Waals surface area contributed by atoms with E-state index in [1.54, 1.807) is 16.8 Å². The molecule has 39 heavy (non-hydrogen) atoms. The molecule has 2 aromatic carbocycles. The number of amides is 2. The van der Waals surface area contributed by atoms with Crippen molar-refractivity contribution in [2.24, 2.45) is 5.73 Å². The van der Waals surface area contributed by atoms with Crippen molar-refractivity contribution >= 4 is 61.5 Å². The summed E-state index contributed by atoms with van der Waals surface area (Å²) in [5, 5.41) is 10.3. The summed E-state index contributed by atoms with van der Waals surface area (Å²) in [5.41, 5.74) is 8.08. The van der Waals surface area contributed by atoms with Crippen molar-refractivity contribution in [1.29, 1.82) is 0 Å². The number of ether oxygens (including phenoxy) is 1. The third-order valence-corrected chi connectivity index (χ3v) is 8.87. The molecule has 0 unspecified atom stereocenters. The van der Waals surface area contributed by atoms with Gasteiger partial charge in [0.2, 0.25) is 11.8 Å². The van der Waals surface area contributed by atoms with Gasteiger partial charge in [-0.3, -0.25) is 19.0 Å². The predicted octanol–water partition coefficient (Wildman–Crippen LogP) is 2.69. The monoisotopic (exact) mass is 590 g/mol. The van der Waals surface area contributed by atoms with E-state index in [0.29, 0.717) is 27.5 Å². The number of halogens is 1. The standard InChI is InChI=1S/C25H27ClN6O5S2/c1-28-25(34)17(27)12-21(33)29-13-15-5-3-6-16(11-15)14-32-18-7-4-8-19(37-2)23(18)24(30-32)31-39(35,36)22-10-9-20(26)38-22/h3-11,17H,12-14,27H2,1-2H3,(H,28,34)(H,29,33)(H,30,31)/t17-/m0/s1. The van der Waals surface area contributed by atoms with Gasteiger partial charge in [-0.2, -0.15) is 5.10 Å². The number of likely N-dealkylation sites (N-methyl/N-ethyl adjacent to an activating group) is 1. The minimum Gasteiger partial charge on any atom is -0.496 e. The van der Waals surface area contributed by atoms with Crippen molar-refractivity contribution in [3.8, 4) is 5.75 Å². The van der Waals surface area contributed by atoms with Gasteiger partial charge in [0.1, 0.15) is 9.96 Å². The second-order valence-electron chi connectivity index (χ2n) is 8.55. The number of rotatable bonds is 11. The van der Waals surface area contributed by atoms with E-state index in [1.165, 1.54) is 26.3 Å². The number of carbonyl (C=O) groups excluding carboxylic acids is 2. The lowest BCUT2D eigenvalue weighted by atomic mass is 10.1. The molecule has 0 bridgehead atoms. The van der Waals surface area contributed by atoms with E-state index in [1.807, 2.05) is 30.3 Å². The largest absolute Gasteiger partial charge is 0.496 e. The number of nitrogens with one attached hydrogen (secondary N) is 3. The van der Waals surface area contributed by atoms with Crippen LogP contribution >= 0.6 is 22.9 Å². The van der Waals surface area contributed by atoms with E-state index in [9.17, 15) is 18.0 Å². The summed E-state index contributed by atoms with van der Waals surface area (Å²) in [7, 11) is -0.965. The van der Waals surface area contributed by atoms with Gasteiger partial charge < -0.3 is 21.1 Å². The van der Waals surface area contributed by atoms with Crippen LogP contribution in [0.15, 0.2) is 58.8 Å². The number of aromatic nitrogens is 2. The van der Waals surface area contributed by atoms with Crippen LogP contribution in [0.25, 0.3) is 10.9 Å². The Morgan fingerprint density at radius 1 is 1.15 bits per heavy atom. The minimum atomic E-state index is -3.93. The van der Waals surface area contributed by atoms with Crippen LogP contribution in [0.5, 0.6) is 5.75 Å². The van der Waals surface area contributed by atoms with Crippen LogP contribution in [-0.2, 0) is 32.7 Å². The molecule has 4 aromatic rings. The van der Waals surface area contributed by atoms with Crippen LogP contribution in [0.2, 0.25) is 4.34 Å². The van der Waals surface area contributed by atoms with Crippen LogP contribution in [-0.4, -0.2) is 50.2 Å². The Hall–Kier alpha value is -3.65. The normalized spacial score (nSPS) is 12.2. The van der Waals surface area contributed by atoms with E-state index >= 15 is 0 Å². The highest BCUT2D eigenvalue weighted by atomic mass is 35.5. The fourth-order valence-electron chi connectivity index (χ4n) is 3.94. The fourth-order valence-corrected chi connectivity index (χ4v) is 6.43. The minimum absolute atomic E-state index is 0.0659. The van der Waals surface area contributed by atoms with Crippen LogP contribution in [0.4, 0.5) is 5.82 Å². The molecule has 2 heterocycles. The molecule has 0 aliphatic carbocycles. The number of nitrogens with two attached hydrogens (primary N) is 1. The van der Waals surface area contributed by atoms with Gasteiger partial charge in [0.25, 0.3) is 10.0 Å². The number of hydrogen-bond acceptors (Lipinski definition) is 8. The summed E-state index contributed by atoms with van der Waals surface area (Å²) in [6.45, 7) is 0.564. The summed E-state index contributed by atoms with van der Waals surface area (Å²) in [4.78, 5) is 23.7. The molecule has 0 saturated heterocycles. The molecule has 0 aliphatic rings. The quantitative estimate of drug-likeness (QED) is 0.209. The highest BCUT2D eigenvalue weighted by molar-refractivity contribution is 7.94. The second-order valence-corrected chi connectivity index (χ2v) is 12.2. The molecule has 0 spiro atoms. The summed E-state index contributed by atoms with van der Waals surface area (Å²) >= 11 is 6.89. The highest BCUT2D eigenvalue weighted by Crippen LogP contribution is 2.35. The Labute approximate surface area is 234 Å². The highest BCUT2D eigenvalue weighted by Gasteiger charge is 2.23. The summed E-state index contributed by atoms with van der Waals surface area (Å²) in [6, 6.07) is 14.9. The van der Waals surface area contributed by atoms with Gasteiger partial charge in [-0.05, 0) is 35.4 Å². The number of fused-ring (bicyclic) bond motifs is 1. The van der Waals surface area contributed by atoms with Gasteiger partial charge in [-0.1, -0.05) is 41.9 Å². The molecule has 1 atom stereocenters. The van der Waals surface area contributed by atoms with Crippen molar-refractivity contribution in [2.75, 3.05) is 18.9 Å². The Kier molecular flexibility index (Phi) is 8.75. The van der Waals surface area contributed by atoms with Crippen LogP contribution in [0.3, 0.4) is 0 Å². The summed E-state index contributed by atoms with van der Waals surface area (Å²) in [6.07, 6.45) is -0.128. The molecular weight excluding hydrogens is 564 g/mol. The number of hydrogen-bond donors (Lipinski definition) is 4. The van der Waals surface area contributed by atoms with Gasteiger partial charge in [0, 0.05) is 13.6 Å². The Bertz CT molecular complexity index is 1620. The maximum absolute atomic E-state index is 13.0. The number of anilines is 1. The van der Waals surface area contributed by atoms with Gasteiger partial charge in [-0.25, -0.2) is 8.42 Å². The van der Waals surface area contributed by atoms with Gasteiger partial charge in [0.15, 0.2) is 5.82 Å². The topological polar surface area (TPSA) is 157 Å². The lowest BCUT2D eigenvalue weighted by Gasteiger charge is -2.11. The molecule has 0 fully saturated rings. The first-order valence-corrected chi connectivity index (χ1v) is 14.4. The van der Waals surface area contributed by atoms with E-state index in [4.69, 9.17) is 22.1 Å². The number of nitrogens with zero attached hydrogens (tertiary/aromatic N) is 2. The molecule has 0 saturated carbocycles. The van der Waals surface area contributed by atoms with Crippen molar-refractivity contribution < 1.29 is 22.7 Å². The van der Waals surface area contributed by atoms with Gasteiger partial charge in [0.05, 0.1) is 41.4 Å². The smallest absolute Gasteiger partial charge is 0.272 e. The molecule has 2 amide bonds. The zero-order valence-electron chi connectivity index (χ0n) is 21.1. The lowest BCUT2D eigenvalue weighted by Crippen LogP contribution is -2.42. The Morgan fingerprint density at radius 3 is 2.59 bits per heavy atom. The second kappa shape index (κ2) is 12.0. The summed E-state index contributed by atoms with van der Waals surface area (Å²) < 4.78 is 36.2. The van der Waals surface area contributed by atoms with Crippen LogP contribution < -0.4 is 25.8 Å². The third-order valence-electron chi connectivity index (χ3n) is 5.81. The van der Waals surface area contributed by atoms with Crippen molar-refractivity contribution in [3.63, 3.8) is 0 Å². The SMILES string of the molecule is CNC(=O)[C@@H](N)CC(=O)NCc1cccc(Cn2nc(NS(=O)(=O)c3ccc(Cl)s3)c3c(OC)cccc32)c1.